The van der Waals surface area contributed by atoms with Crippen LogP contribution in [0.3, 0.4) is 0 Å². The van der Waals surface area contributed by atoms with E-state index in [0.717, 1.165) is 12.1 Å². The predicted octanol–water partition coefficient (Wildman–Crippen LogP) is 2.62. The fraction of sp³-hybridized carbons (Fsp3) is 0.462. The average Bonchev–Trinajstić information content (AvgIpc) is 2.35. The van der Waals surface area contributed by atoms with Crippen LogP contribution in [0, 0.1) is 0 Å². The SMILES string of the molecule is CCNCc1cc(Cl)cc(Cl)c1OCC(=O)NCC. The van der Waals surface area contributed by atoms with E-state index in [1.807, 2.05) is 13.8 Å². The summed E-state index contributed by atoms with van der Waals surface area (Å²) in [4.78, 5) is 11.4. The molecule has 0 atom stereocenters. The van der Waals surface area contributed by atoms with Crippen LogP contribution in [0.1, 0.15) is 19.4 Å². The van der Waals surface area contributed by atoms with Crippen LogP contribution in [0.2, 0.25) is 10.0 Å². The van der Waals surface area contributed by atoms with Gasteiger partial charge >= 0.3 is 0 Å². The Bertz CT molecular complexity index is 439. The molecule has 0 aliphatic rings. The summed E-state index contributed by atoms with van der Waals surface area (Å²) in [6.45, 7) is 5.77. The quantitative estimate of drug-likeness (QED) is 0.814. The maximum atomic E-state index is 11.4. The monoisotopic (exact) mass is 304 g/mol. The van der Waals surface area contributed by atoms with Crippen molar-refractivity contribution in [2.24, 2.45) is 0 Å². The number of hydrogen-bond donors (Lipinski definition) is 2. The van der Waals surface area contributed by atoms with Gasteiger partial charge in [-0.1, -0.05) is 30.1 Å². The molecule has 19 heavy (non-hydrogen) atoms. The summed E-state index contributed by atoms with van der Waals surface area (Å²) >= 11 is 12.1. The Balaban J connectivity index is 2.81. The molecule has 0 radical (unpaired) electrons. The van der Waals surface area contributed by atoms with E-state index in [2.05, 4.69) is 10.6 Å². The number of nitrogens with one attached hydrogen (secondary N) is 2. The Morgan fingerprint density at radius 3 is 2.63 bits per heavy atom. The van der Waals surface area contributed by atoms with Crippen LogP contribution in [-0.4, -0.2) is 25.6 Å². The lowest BCUT2D eigenvalue weighted by Crippen LogP contribution is -2.28. The maximum absolute atomic E-state index is 11.4. The zero-order chi connectivity index (χ0) is 14.3. The molecular weight excluding hydrogens is 287 g/mol. The Labute approximate surface area is 123 Å². The van der Waals surface area contributed by atoms with Crippen molar-refractivity contribution in [1.82, 2.24) is 10.6 Å². The molecule has 0 spiro atoms. The Hall–Kier alpha value is -0.970. The molecule has 1 amide bonds. The van der Waals surface area contributed by atoms with Crippen molar-refractivity contribution in [2.45, 2.75) is 20.4 Å². The molecule has 106 valence electrons. The summed E-state index contributed by atoms with van der Waals surface area (Å²) in [6, 6.07) is 3.38. The third-order valence-corrected chi connectivity index (χ3v) is 2.87. The van der Waals surface area contributed by atoms with Gasteiger partial charge in [-0.05, 0) is 25.6 Å². The largest absolute Gasteiger partial charge is 0.482 e. The minimum atomic E-state index is -0.178. The first-order chi connectivity index (χ1) is 9.08. The van der Waals surface area contributed by atoms with E-state index < -0.39 is 0 Å². The molecule has 0 saturated heterocycles. The molecule has 0 fully saturated rings. The molecule has 1 aromatic rings. The topological polar surface area (TPSA) is 50.4 Å². The van der Waals surface area contributed by atoms with Crippen molar-refractivity contribution in [2.75, 3.05) is 19.7 Å². The highest BCUT2D eigenvalue weighted by molar-refractivity contribution is 6.35. The number of ether oxygens (including phenoxy) is 1. The van der Waals surface area contributed by atoms with Crippen molar-refractivity contribution in [3.63, 3.8) is 0 Å². The zero-order valence-electron chi connectivity index (χ0n) is 11.1. The number of amides is 1. The smallest absolute Gasteiger partial charge is 0.257 e. The van der Waals surface area contributed by atoms with Gasteiger partial charge in [0.25, 0.3) is 5.91 Å². The second-order valence-electron chi connectivity index (χ2n) is 3.90. The molecule has 4 nitrogen and oxygen atoms in total. The number of benzene rings is 1. The highest BCUT2D eigenvalue weighted by Crippen LogP contribution is 2.32. The summed E-state index contributed by atoms with van der Waals surface area (Å²) in [5, 5.41) is 6.79. The molecule has 0 heterocycles. The molecule has 0 bridgehead atoms. The predicted molar refractivity (Wildman–Crippen MR) is 78.0 cm³/mol. The van der Waals surface area contributed by atoms with Crippen molar-refractivity contribution >= 4 is 29.1 Å². The van der Waals surface area contributed by atoms with Gasteiger partial charge < -0.3 is 15.4 Å². The minimum Gasteiger partial charge on any atom is -0.482 e. The first-order valence-corrected chi connectivity index (χ1v) is 6.92. The molecule has 1 rings (SSSR count). The second kappa shape index (κ2) is 8.25. The van der Waals surface area contributed by atoms with Crippen LogP contribution >= 0.6 is 23.2 Å². The summed E-state index contributed by atoms with van der Waals surface area (Å²) in [5.41, 5.74) is 0.837. The normalized spacial score (nSPS) is 10.3. The Kier molecular flexibility index (Phi) is 6.99. The minimum absolute atomic E-state index is 0.0612. The summed E-state index contributed by atoms with van der Waals surface area (Å²) in [6.07, 6.45) is 0. The van der Waals surface area contributed by atoms with E-state index >= 15 is 0 Å². The van der Waals surface area contributed by atoms with Crippen molar-refractivity contribution < 1.29 is 9.53 Å². The van der Waals surface area contributed by atoms with Crippen LogP contribution in [0.5, 0.6) is 5.75 Å². The van der Waals surface area contributed by atoms with Crippen LogP contribution in [0.4, 0.5) is 0 Å². The van der Waals surface area contributed by atoms with Crippen LogP contribution < -0.4 is 15.4 Å². The molecule has 0 aromatic heterocycles. The fourth-order valence-corrected chi connectivity index (χ4v) is 2.14. The highest BCUT2D eigenvalue weighted by atomic mass is 35.5. The van der Waals surface area contributed by atoms with Gasteiger partial charge in [0.2, 0.25) is 0 Å². The van der Waals surface area contributed by atoms with Crippen LogP contribution in [0.15, 0.2) is 12.1 Å². The van der Waals surface area contributed by atoms with Crippen molar-refractivity contribution in [1.29, 1.82) is 0 Å². The van der Waals surface area contributed by atoms with Gasteiger partial charge in [-0.25, -0.2) is 0 Å². The summed E-state index contributed by atoms with van der Waals surface area (Å²) < 4.78 is 5.49. The second-order valence-corrected chi connectivity index (χ2v) is 4.74. The van der Waals surface area contributed by atoms with Crippen molar-refractivity contribution in [3.05, 3.63) is 27.7 Å². The summed E-state index contributed by atoms with van der Waals surface area (Å²) in [7, 11) is 0. The van der Waals surface area contributed by atoms with Crippen molar-refractivity contribution in [3.8, 4) is 5.75 Å². The molecule has 1 aromatic carbocycles. The molecule has 6 heteroatoms. The van der Waals surface area contributed by atoms with Gasteiger partial charge in [-0.2, -0.15) is 0 Å². The molecule has 0 aliphatic carbocycles. The van der Waals surface area contributed by atoms with Gasteiger partial charge in [0, 0.05) is 23.7 Å². The number of hydrogen-bond acceptors (Lipinski definition) is 3. The summed E-state index contributed by atoms with van der Waals surface area (Å²) in [5.74, 6) is 0.321. The number of likely N-dealkylation sites (N-methyl/N-ethyl adjacent to an activating group) is 1. The van der Waals surface area contributed by atoms with E-state index in [0.29, 0.717) is 28.9 Å². The van der Waals surface area contributed by atoms with Crippen LogP contribution in [0.25, 0.3) is 0 Å². The first kappa shape index (κ1) is 16.1. The lowest BCUT2D eigenvalue weighted by Gasteiger charge is -2.14. The third kappa shape index (κ3) is 5.27. The van der Waals surface area contributed by atoms with E-state index in [1.165, 1.54) is 0 Å². The average molecular weight is 305 g/mol. The van der Waals surface area contributed by atoms with Gasteiger partial charge in [0.05, 0.1) is 5.02 Å². The van der Waals surface area contributed by atoms with Gasteiger partial charge in [0.1, 0.15) is 5.75 Å². The molecule has 0 saturated carbocycles. The van der Waals surface area contributed by atoms with E-state index in [4.69, 9.17) is 27.9 Å². The molecular formula is C13H18Cl2N2O2. The number of carbonyl (C=O) groups excluding carboxylic acids is 1. The lowest BCUT2D eigenvalue weighted by molar-refractivity contribution is -0.122. The van der Waals surface area contributed by atoms with E-state index in [1.54, 1.807) is 12.1 Å². The Morgan fingerprint density at radius 1 is 1.26 bits per heavy atom. The third-order valence-electron chi connectivity index (χ3n) is 2.37. The van der Waals surface area contributed by atoms with Crippen LogP contribution in [-0.2, 0) is 11.3 Å². The first-order valence-electron chi connectivity index (χ1n) is 6.16. The molecule has 0 unspecified atom stereocenters. The van der Waals surface area contributed by atoms with E-state index in [9.17, 15) is 4.79 Å². The van der Waals surface area contributed by atoms with Gasteiger partial charge in [-0.15, -0.1) is 0 Å². The number of halogens is 2. The van der Waals surface area contributed by atoms with Gasteiger partial charge in [0.15, 0.2) is 6.61 Å². The lowest BCUT2D eigenvalue weighted by atomic mass is 10.2. The Morgan fingerprint density at radius 2 is 2.00 bits per heavy atom. The van der Waals surface area contributed by atoms with E-state index in [-0.39, 0.29) is 12.5 Å². The maximum Gasteiger partial charge on any atom is 0.257 e. The van der Waals surface area contributed by atoms with Gasteiger partial charge in [-0.3, -0.25) is 4.79 Å². The molecule has 2 N–H and O–H groups in total. The standard InChI is InChI=1S/C13H18Cl2N2O2/c1-3-16-7-9-5-10(14)6-11(15)13(9)19-8-12(18)17-4-2/h5-6,16H,3-4,7-8H2,1-2H3,(H,17,18). The number of carbonyl (C=O) groups is 1. The fourth-order valence-electron chi connectivity index (χ4n) is 1.55. The highest BCUT2D eigenvalue weighted by Gasteiger charge is 2.12. The number of rotatable bonds is 7. The zero-order valence-corrected chi connectivity index (χ0v) is 12.6. The molecule has 0 aliphatic heterocycles.